The number of hydrogen-bond acceptors (Lipinski definition) is 2. The van der Waals surface area contributed by atoms with Crippen molar-refractivity contribution in [3.8, 4) is 11.4 Å². The van der Waals surface area contributed by atoms with Crippen LogP contribution in [-0.2, 0) is 6.42 Å². The van der Waals surface area contributed by atoms with Crippen LogP contribution in [0.4, 0.5) is 0 Å². The molecule has 0 amide bonds. The Labute approximate surface area is 150 Å². The summed E-state index contributed by atoms with van der Waals surface area (Å²) in [5.41, 5.74) is 2.25. The highest BCUT2D eigenvalue weighted by atomic mass is 35.5. The first-order valence-electron chi connectivity index (χ1n) is 8.94. The van der Waals surface area contributed by atoms with Crippen molar-refractivity contribution in [1.82, 2.24) is 9.97 Å². The number of halogens is 1. The fourth-order valence-electron chi connectivity index (χ4n) is 3.54. The first-order chi connectivity index (χ1) is 11.7. The van der Waals surface area contributed by atoms with Gasteiger partial charge in [-0.1, -0.05) is 23.8 Å². The van der Waals surface area contributed by atoms with Gasteiger partial charge < -0.3 is 0 Å². The van der Waals surface area contributed by atoms with Crippen molar-refractivity contribution in [3.05, 3.63) is 59.4 Å². The molecule has 0 unspecified atom stereocenters. The smallest absolute Gasteiger partial charge is 0.159 e. The molecular weight excluding hydrogens is 316 g/mol. The summed E-state index contributed by atoms with van der Waals surface area (Å²) in [7, 11) is 0. The lowest BCUT2D eigenvalue weighted by Gasteiger charge is -2.26. The van der Waals surface area contributed by atoms with Crippen LogP contribution in [0.1, 0.15) is 44.6 Å². The number of nitrogens with zero attached hydrogens (tertiary/aromatic N) is 2. The van der Waals surface area contributed by atoms with E-state index in [0.717, 1.165) is 34.7 Å². The lowest BCUT2D eigenvalue weighted by atomic mass is 9.79. The molecule has 1 aromatic heterocycles. The van der Waals surface area contributed by atoms with Crippen LogP contribution in [0.25, 0.3) is 11.4 Å². The van der Waals surface area contributed by atoms with E-state index in [1.165, 1.54) is 37.7 Å². The molecule has 0 spiro atoms. The molecule has 1 aliphatic carbocycles. The molecule has 3 heteroatoms. The van der Waals surface area contributed by atoms with Crippen molar-refractivity contribution in [2.45, 2.75) is 45.4 Å². The summed E-state index contributed by atoms with van der Waals surface area (Å²) >= 11 is 5.92. The summed E-state index contributed by atoms with van der Waals surface area (Å²) in [5.74, 6) is 2.44. The zero-order valence-corrected chi connectivity index (χ0v) is 15.0. The third-order valence-electron chi connectivity index (χ3n) is 5.01. The predicted octanol–water partition coefficient (Wildman–Crippen LogP) is 6.11. The molecule has 0 atom stereocenters. The van der Waals surface area contributed by atoms with E-state index in [0.29, 0.717) is 0 Å². The topological polar surface area (TPSA) is 25.8 Å². The molecule has 126 valence electrons. The number of aryl methyl sites for hydroxylation is 1. The van der Waals surface area contributed by atoms with E-state index in [2.05, 4.69) is 29.0 Å². The van der Waals surface area contributed by atoms with Crippen LogP contribution in [-0.4, -0.2) is 9.97 Å². The van der Waals surface area contributed by atoms with Gasteiger partial charge in [-0.25, -0.2) is 9.97 Å². The van der Waals surface area contributed by atoms with Crippen LogP contribution in [0.3, 0.4) is 0 Å². The molecule has 0 radical (unpaired) electrons. The standard InChI is InChI=1S/C21H25ClN2/c1-2-3-16-4-6-17(7-5-16)8-9-18-14-23-21(24-15-18)19-10-12-20(22)13-11-19/h2-3,10-17H,4-9H2,1H3/t16-,17-. The number of allylic oxidation sites excluding steroid dienone is 2. The lowest BCUT2D eigenvalue weighted by molar-refractivity contribution is 0.296. The van der Waals surface area contributed by atoms with Gasteiger partial charge >= 0.3 is 0 Å². The highest BCUT2D eigenvalue weighted by Crippen LogP contribution is 2.32. The minimum atomic E-state index is 0.736. The molecule has 1 fully saturated rings. The van der Waals surface area contributed by atoms with Crippen molar-refractivity contribution in [1.29, 1.82) is 0 Å². The molecular formula is C21H25ClN2. The predicted molar refractivity (Wildman–Crippen MR) is 101 cm³/mol. The third-order valence-corrected chi connectivity index (χ3v) is 5.26. The second-order valence-electron chi connectivity index (χ2n) is 6.77. The van der Waals surface area contributed by atoms with Crippen LogP contribution < -0.4 is 0 Å². The summed E-state index contributed by atoms with van der Waals surface area (Å²) in [6, 6.07) is 7.66. The minimum absolute atomic E-state index is 0.736. The average molecular weight is 341 g/mol. The minimum Gasteiger partial charge on any atom is -0.236 e. The van der Waals surface area contributed by atoms with E-state index in [4.69, 9.17) is 11.6 Å². The first kappa shape index (κ1) is 17.2. The van der Waals surface area contributed by atoms with Gasteiger partial charge in [-0.2, -0.15) is 0 Å². The van der Waals surface area contributed by atoms with Crippen LogP contribution in [0.2, 0.25) is 5.02 Å². The number of benzene rings is 1. The van der Waals surface area contributed by atoms with Gasteiger partial charge in [-0.15, -0.1) is 0 Å². The molecule has 1 saturated carbocycles. The largest absolute Gasteiger partial charge is 0.236 e. The van der Waals surface area contributed by atoms with E-state index < -0.39 is 0 Å². The molecule has 0 bridgehead atoms. The van der Waals surface area contributed by atoms with Gasteiger partial charge in [-0.3, -0.25) is 0 Å². The van der Waals surface area contributed by atoms with Gasteiger partial charge in [-0.05, 0) is 87.1 Å². The molecule has 24 heavy (non-hydrogen) atoms. The molecule has 0 saturated heterocycles. The number of aromatic nitrogens is 2. The second-order valence-corrected chi connectivity index (χ2v) is 7.20. The quantitative estimate of drug-likeness (QED) is 0.613. The summed E-state index contributed by atoms with van der Waals surface area (Å²) < 4.78 is 0. The Hall–Kier alpha value is -1.67. The van der Waals surface area contributed by atoms with E-state index in [1.807, 2.05) is 36.7 Å². The van der Waals surface area contributed by atoms with Crippen molar-refractivity contribution < 1.29 is 0 Å². The molecule has 1 heterocycles. The number of rotatable bonds is 5. The molecule has 1 aliphatic rings. The first-order valence-corrected chi connectivity index (χ1v) is 9.32. The maximum absolute atomic E-state index is 5.92. The van der Waals surface area contributed by atoms with Gasteiger partial charge in [0.25, 0.3) is 0 Å². The molecule has 2 nitrogen and oxygen atoms in total. The van der Waals surface area contributed by atoms with Crippen LogP contribution >= 0.6 is 11.6 Å². The maximum Gasteiger partial charge on any atom is 0.159 e. The monoisotopic (exact) mass is 340 g/mol. The van der Waals surface area contributed by atoms with E-state index >= 15 is 0 Å². The summed E-state index contributed by atoms with van der Waals surface area (Å²) in [4.78, 5) is 9.03. The summed E-state index contributed by atoms with van der Waals surface area (Å²) in [6.07, 6.45) is 16.3. The Balaban J connectivity index is 1.51. The number of hydrogen-bond donors (Lipinski definition) is 0. The highest BCUT2D eigenvalue weighted by molar-refractivity contribution is 6.30. The molecule has 3 rings (SSSR count). The van der Waals surface area contributed by atoms with Crippen LogP contribution in [0.15, 0.2) is 48.8 Å². The van der Waals surface area contributed by atoms with Crippen LogP contribution in [0, 0.1) is 11.8 Å². The fourth-order valence-corrected chi connectivity index (χ4v) is 3.67. The third kappa shape index (κ3) is 4.67. The zero-order chi connectivity index (χ0) is 16.8. The maximum atomic E-state index is 5.92. The molecule has 1 aromatic carbocycles. The SMILES string of the molecule is CC=C[C@H]1CC[C@H](CCc2cnc(-c3ccc(Cl)cc3)nc2)CC1. The molecule has 0 aliphatic heterocycles. The van der Waals surface area contributed by atoms with Gasteiger partial charge in [0.05, 0.1) is 0 Å². The van der Waals surface area contributed by atoms with Crippen molar-refractivity contribution in [2.75, 3.05) is 0 Å². The normalized spacial score (nSPS) is 21.2. The van der Waals surface area contributed by atoms with Crippen molar-refractivity contribution in [2.24, 2.45) is 11.8 Å². The Kier molecular flexibility index (Phi) is 6.03. The fraction of sp³-hybridized carbons (Fsp3) is 0.429. The average Bonchev–Trinajstić information content (AvgIpc) is 2.63. The van der Waals surface area contributed by atoms with E-state index in [-0.39, 0.29) is 0 Å². The summed E-state index contributed by atoms with van der Waals surface area (Å²) in [6.45, 7) is 2.12. The lowest BCUT2D eigenvalue weighted by Crippen LogP contribution is -2.13. The Morgan fingerprint density at radius 3 is 2.33 bits per heavy atom. The van der Waals surface area contributed by atoms with E-state index in [1.54, 1.807) is 0 Å². The molecule has 0 N–H and O–H groups in total. The Bertz CT molecular complexity index is 653. The highest BCUT2D eigenvalue weighted by Gasteiger charge is 2.19. The van der Waals surface area contributed by atoms with Gasteiger partial charge in [0.1, 0.15) is 0 Å². The van der Waals surface area contributed by atoms with Gasteiger partial charge in [0, 0.05) is 23.0 Å². The van der Waals surface area contributed by atoms with Gasteiger partial charge in [0.15, 0.2) is 5.82 Å². The van der Waals surface area contributed by atoms with Crippen molar-refractivity contribution in [3.63, 3.8) is 0 Å². The summed E-state index contributed by atoms with van der Waals surface area (Å²) in [5, 5.41) is 0.736. The second kappa shape index (κ2) is 8.43. The zero-order valence-electron chi connectivity index (χ0n) is 14.3. The molecule has 2 aromatic rings. The Morgan fingerprint density at radius 2 is 1.71 bits per heavy atom. The Morgan fingerprint density at radius 1 is 1.04 bits per heavy atom. The van der Waals surface area contributed by atoms with Gasteiger partial charge in [0.2, 0.25) is 0 Å². The van der Waals surface area contributed by atoms with E-state index in [9.17, 15) is 0 Å². The van der Waals surface area contributed by atoms with Crippen molar-refractivity contribution >= 4 is 11.6 Å². The van der Waals surface area contributed by atoms with Crippen LogP contribution in [0.5, 0.6) is 0 Å².